The van der Waals surface area contributed by atoms with Gasteiger partial charge in [-0.25, -0.2) is 9.59 Å². The molecule has 45 heavy (non-hydrogen) atoms. The summed E-state index contributed by atoms with van der Waals surface area (Å²) in [6.07, 6.45) is -0.980. The Morgan fingerprint density at radius 2 is 1.49 bits per heavy atom. The number of hydrogen-bond acceptors (Lipinski definition) is 7. The van der Waals surface area contributed by atoms with Gasteiger partial charge in [0, 0.05) is 11.6 Å². The highest BCUT2D eigenvalue weighted by molar-refractivity contribution is 5.98. The molecule has 0 spiro atoms. The number of para-hydroxylation sites is 1. The quantitative estimate of drug-likeness (QED) is 0.289. The molecule has 0 aliphatic carbocycles. The number of anilines is 1. The Kier molecular flexibility index (Phi) is 11.6. The van der Waals surface area contributed by atoms with Crippen LogP contribution in [0.1, 0.15) is 49.8 Å². The fourth-order valence-corrected chi connectivity index (χ4v) is 5.43. The summed E-state index contributed by atoms with van der Waals surface area (Å²) in [5, 5.41) is 15.6. The number of nitrogens with zero attached hydrogens (tertiary/aromatic N) is 1. The number of methoxy groups -OCH3 is 1. The Labute approximate surface area is 264 Å². The van der Waals surface area contributed by atoms with Crippen molar-refractivity contribution in [2.45, 2.75) is 63.4 Å². The van der Waals surface area contributed by atoms with E-state index in [1.54, 1.807) is 4.90 Å². The number of carbonyl (C=O) groups is 3. The van der Waals surface area contributed by atoms with Gasteiger partial charge in [0.15, 0.2) is 0 Å². The lowest BCUT2D eigenvalue weighted by Gasteiger charge is -2.38. The summed E-state index contributed by atoms with van der Waals surface area (Å²) >= 11 is 0. The zero-order chi connectivity index (χ0) is 32.4. The van der Waals surface area contributed by atoms with Crippen molar-refractivity contribution in [3.63, 3.8) is 0 Å². The molecule has 3 aromatic carbocycles. The van der Waals surface area contributed by atoms with E-state index in [1.165, 1.54) is 7.11 Å². The zero-order valence-electron chi connectivity index (χ0n) is 26.3. The molecule has 0 radical (unpaired) electrons. The van der Waals surface area contributed by atoms with Gasteiger partial charge < -0.3 is 34.9 Å². The molecule has 0 unspecified atom stereocenters. The van der Waals surface area contributed by atoms with E-state index in [4.69, 9.17) is 14.2 Å². The number of morpholine rings is 1. The van der Waals surface area contributed by atoms with Crippen LogP contribution in [0.4, 0.5) is 15.3 Å². The van der Waals surface area contributed by atoms with Crippen molar-refractivity contribution in [3.8, 4) is 0 Å². The van der Waals surface area contributed by atoms with E-state index in [-0.39, 0.29) is 19.3 Å². The highest BCUT2D eigenvalue weighted by Gasteiger charge is 2.34. The number of amides is 3. The number of aliphatic hydroxyl groups is 1. The summed E-state index contributed by atoms with van der Waals surface area (Å²) in [5.41, 5.74) is 2.53. The number of nitrogens with one attached hydrogen (secondary N) is 2. The first kappa shape index (κ1) is 33.5. The van der Waals surface area contributed by atoms with Crippen molar-refractivity contribution in [1.82, 2.24) is 10.2 Å². The maximum atomic E-state index is 14.0. The van der Waals surface area contributed by atoms with Gasteiger partial charge in [0.2, 0.25) is 5.91 Å². The second-order valence-electron chi connectivity index (χ2n) is 12.0. The van der Waals surface area contributed by atoms with Gasteiger partial charge in [-0.15, -0.1) is 0 Å². The molecule has 10 heteroatoms. The molecule has 1 fully saturated rings. The van der Waals surface area contributed by atoms with Crippen molar-refractivity contribution >= 4 is 23.8 Å². The summed E-state index contributed by atoms with van der Waals surface area (Å²) in [6, 6.07) is 25.5. The molecular weight excluding hydrogens is 574 g/mol. The lowest BCUT2D eigenvalue weighted by molar-refractivity contribution is -0.118. The first-order chi connectivity index (χ1) is 21.6. The van der Waals surface area contributed by atoms with Gasteiger partial charge in [-0.2, -0.15) is 0 Å². The third-order valence-corrected chi connectivity index (χ3v) is 7.49. The lowest BCUT2D eigenvalue weighted by atomic mass is 9.84. The fraction of sp³-hybridized carbons (Fsp3) is 0.400. The summed E-state index contributed by atoms with van der Waals surface area (Å²) in [7, 11) is 1.26. The van der Waals surface area contributed by atoms with Crippen LogP contribution >= 0.6 is 0 Å². The molecule has 3 N–H and O–H groups in total. The molecule has 4 rings (SSSR count). The van der Waals surface area contributed by atoms with E-state index in [0.29, 0.717) is 25.1 Å². The first-order valence-corrected chi connectivity index (χ1v) is 15.1. The number of hydrogen-bond donors (Lipinski definition) is 3. The molecule has 1 aliphatic heterocycles. The minimum Gasteiger partial charge on any atom is -0.453 e. The smallest absolute Gasteiger partial charge is 0.410 e. The lowest BCUT2D eigenvalue weighted by Crippen LogP contribution is -2.52. The number of rotatable bonds is 10. The van der Waals surface area contributed by atoms with Crippen LogP contribution in [-0.4, -0.2) is 78.8 Å². The van der Waals surface area contributed by atoms with Gasteiger partial charge in [-0.05, 0) is 56.4 Å². The first-order valence-electron chi connectivity index (χ1n) is 15.1. The number of carbonyl (C=O) groups excluding carboxylic acids is 3. The van der Waals surface area contributed by atoms with Crippen LogP contribution in [0.5, 0.6) is 0 Å². The molecule has 0 bridgehead atoms. The summed E-state index contributed by atoms with van der Waals surface area (Å²) < 4.78 is 16.5. The van der Waals surface area contributed by atoms with Crippen LogP contribution in [-0.2, 0) is 25.4 Å². The van der Waals surface area contributed by atoms with Crippen molar-refractivity contribution in [3.05, 3.63) is 102 Å². The van der Waals surface area contributed by atoms with Crippen LogP contribution in [0.15, 0.2) is 84.9 Å². The number of aryl methyl sites for hydroxylation is 1. The van der Waals surface area contributed by atoms with Crippen molar-refractivity contribution in [2.75, 3.05) is 32.1 Å². The second kappa shape index (κ2) is 15.5. The van der Waals surface area contributed by atoms with E-state index in [1.807, 2.05) is 106 Å². The minimum atomic E-state index is -0.996. The molecule has 3 atom stereocenters. The zero-order valence-corrected chi connectivity index (χ0v) is 26.3. The monoisotopic (exact) mass is 617 g/mol. The molecule has 1 heterocycles. The predicted octanol–water partition coefficient (Wildman–Crippen LogP) is 5.11. The van der Waals surface area contributed by atoms with Crippen molar-refractivity contribution in [2.24, 2.45) is 0 Å². The van der Waals surface area contributed by atoms with E-state index in [0.717, 1.165) is 16.7 Å². The average molecular weight is 618 g/mol. The second-order valence-corrected chi connectivity index (χ2v) is 12.0. The maximum Gasteiger partial charge on any atom is 0.410 e. The molecule has 3 amide bonds. The Morgan fingerprint density at radius 3 is 2.07 bits per heavy atom. The number of alkyl carbamates (subject to hydrolysis) is 1. The predicted molar refractivity (Wildman–Crippen MR) is 171 cm³/mol. The van der Waals surface area contributed by atoms with Gasteiger partial charge in [0.1, 0.15) is 11.6 Å². The van der Waals surface area contributed by atoms with Crippen LogP contribution in [0.2, 0.25) is 0 Å². The largest absolute Gasteiger partial charge is 0.453 e. The molecule has 1 saturated heterocycles. The highest BCUT2D eigenvalue weighted by Crippen LogP contribution is 2.30. The molecule has 10 nitrogen and oxygen atoms in total. The van der Waals surface area contributed by atoms with E-state index in [2.05, 4.69) is 10.6 Å². The van der Waals surface area contributed by atoms with Crippen LogP contribution < -0.4 is 10.6 Å². The van der Waals surface area contributed by atoms with E-state index in [9.17, 15) is 19.5 Å². The van der Waals surface area contributed by atoms with Gasteiger partial charge in [0.25, 0.3) is 0 Å². The standard InChI is InChI=1S/C35H43N3O7/c1-35(2,3)45-34(42)38-21-27(44-28(22-38)23-39)20-19-24-13-11-12-18-29(24)36-32(40)31(37-33(41)43-4)30(25-14-7-5-8-15-25)26-16-9-6-10-17-26/h5-18,27-28,30-31,39H,19-23H2,1-4H3,(H,36,40)(H,37,41)/t27-,28+,31+/m1/s1. The Morgan fingerprint density at radius 1 is 0.911 bits per heavy atom. The minimum absolute atomic E-state index is 0.221. The SMILES string of the molecule is COC(=O)N[C@H](C(=O)Nc1ccccc1CC[C@@H]1CN(C(=O)OC(C)(C)C)C[C@@H](CO)O1)C(c1ccccc1)c1ccccc1. The van der Waals surface area contributed by atoms with E-state index < -0.39 is 41.8 Å². The molecule has 240 valence electrons. The van der Waals surface area contributed by atoms with Crippen molar-refractivity contribution < 1.29 is 33.7 Å². The fourth-order valence-electron chi connectivity index (χ4n) is 5.43. The molecule has 3 aromatic rings. The number of aliphatic hydroxyl groups excluding tert-OH is 1. The Bertz CT molecular complexity index is 1370. The topological polar surface area (TPSA) is 126 Å². The summed E-state index contributed by atoms with van der Waals surface area (Å²) in [6.45, 7) is 5.77. The van der Waals surface area contributed by atoms with Gasteiger partial charge in [0.05, 0.1) is 39.0 Å². The summed E-state index contributed by atoms with van der Waals surface area (Å²) in [5.74, 6) is -0.903. The van der Waals surface area contributed by atoms with Crippen LogP contribution in [0.3, 0.4) is 0 Å². The van der Waals surface area contributed by atoms with Crippen molar-refractivity contribution in [1.29, 1.82) is 0 Å². The van der Waals surface area contributed by atoms with Gasteiger partial charge in [-0.3, -0.25) is 4.79 Å². The van der Waals surface area contributed by atoms with Gasteiger partial charge in [-0.1, -0.05) is 78.9 Å². The normalized spacial score (nSPS) is 17.3. The third kappa shape index (κ3) is 9.54. The molecular formula is C35H43N3O7. The number of ether oxygens (including phenoxy) is 3. The third-order valence-electron chi connectivity index (χ3n) is 7.49. The molecule has 0 saturated carbocycles. The highest BCUT2D eigenvalue weighted by atomic mass is 16.6. The molecule has 0 aromatic heterocycles. The van der Waals surface area contributed by atoms with Crippen LogP contribution in [0.25, 0.3) is 0 Å². The average Bonchev–Trinajstić information content (AvgIpc) is 3.04. The Balaban J connectivity index is 1.54. The summed E-state index contributed by atoms with van der Waals surface area (Å²) in [4.78, 5) is 40.9. The van der Waals surface area contributed by atoms with E-state index >= 15 is 0 Å². The number of benzene rings is 3. The van der Waals surface area contributed by atoms with Gasteiger partial charge >= 0.3 is 12.2 Å². The maximum absolute atomic E-state index is 14.0. The van der Waals surface area contributed by atoms with Crippen LogP contribution in [0, 0.1) is 0 Å². The Hall–Kier alpha value is -4.41. The molecule has 1 aliphatic rings.